The number of hydrogen-bond acceptors (Lipinski definition) is 2. The Morgan fingerprint density at radius 2 is 2.25 bits per heavy atom. The Kier molecular flexibility index (Phi) is 3.12. The van der Waals surface area contributed by atoms with Gasteiger partial charge in [0.15, 0.2) is 6.29 Å². The Morgan fingerprint density at radius 3 is 2.75 bits per heavy atom. The maximum atomic E-state index is 10.5. The van der Waals surface area contributed by atoms with Crippen LogP contribution in [-0.4, -0.2) is 13.4 Å². The summed E-state index contributed by atoms with van der Waals surface area (Å²) in [7, 11) is 1.49. The molecule has 0 bridgehead atoms. The molecule has 0 unspecified atom stereocenters. The summed E-state index contributed by atoms with van der Waals surface area (Å²) in [5, 5.41) is 0.525. The van der Waals surface area contributed by atoms with Gasteiger partial charge in [-0.05, 0) is 22.0 Å². The molecule has 1 aromatic carbocycles. The summed E-state index contributed by atoms with van der Waals surface area (Å²) in [6.45, 7) is 0. The Labute approximate surface area is 83.6 Å². The minimum atomic E-state index is 0.480. The van der Waals surface area contributed by atoms with Crippen LogP contribution in [0.3, 0.4) is 0 Å². The molecule has 0 heterocycles. The van der Waals surface area contributed by atoms with E-state index >= 15 is 0 Å². The van der Waals surface area contributed by atoms with Gasteiger partial charge in [0.1, 0.15) is 5.75 Å². The Balaban J connectivity index is 3.28. The summed E-state index contributed by atoms with van der Waals surface area (Å²) in [5.41, 5.74) is 0.480. The summed E-state index contributed by atoms with van der Waals surface area (Å²) < 4.78 is 5.62. The summed E-state index contributed by atoms with van der Waals surface area (Å²) >= 11 is 8.98. The van der Waals surface area contributed by atoms with E-state index in [1.807, 2.05) is 0 Å². The molecule has 0 atom stereocenters. The first-order chi connectivity index (χ1) is 5.69. The van der Waals surface area contributed by atoms with Gasteiger partial charge in [0.2, 0.25) is 0 Å². The van der Waals surface area contributed by atoms with Crippen molar-refractivity contribution in [3.8, 4) is 5.75 Å². The highest BCUT2D eigenvalue weighted by atomic mass is 79.9. The zero-order chi connectivity index (χ0) is 9.14. The molecule has 0 aliphatic carbocycles. The van der Waals surface area contributed by atoms with E-state index in [1.54, 1.807) is 12.1 Å². The lowest BCUT2D eigenvalue weighted by atomic mass is 10.2. The van der Waals surface area contributed by atoms with Gasteiger partial charge in [-0.15, -0.1) is 0 Å². The van der Waals surface area contributed by atoms with Crippen molar-refractivity contribution in [3.05, 3.63) is 27.2 Å². The summed E-state index contributed by atoms with van der Waals surface area (Å²) in [6, 6.07) is 3.21. The number of carbonyl (C=O) groups is 1. The number of benzene rings is 1. The number of methoxy groups -OCH3 is 1. The molecule has 0 aromatic heterocycles. The molecule has 12 heavy (non-hydrogen) atoms. The quantitative estimate of drug-likeness (QED) is 0.753. The molecule has 1 aromatic rings. The monoisotopic (exact) mass is 248 g/mol. The van der Waals surface area contributed by atoms with Gasteiger partial charge in [-0.25, -0.2) is 0 Å². The van der Waals surface area contributed by atoms with Crippen LogP contribution >= 0.6 is 27.5 Å². The highest BCUT2D eigenvalue weighted by Gasteiger charge is 2.05. The van der Waals surface area contributed by atoms with Crippen LogP contribution in [0.5, 0.6) is 5.75 Å². The van der Waals surface area contributed by atoms with Crippen LogP contribution in [0.4, 0.5) is 0 Å². The molecule has 0 aliphatic rings. The Morgan fingerprint density at radius 1 is 1.58 bits per heavy atom. The van der Waals surface area contributed by atoms with Gasteiger partial charge in [0.25, 0.3) is 0 Å². The lowest BCUT2D eigenvalue weighted by Crippen LogP contribution is -1.90. The standard InChI is InChI=1S/C8H6BrClO2/c1-12-8-3-7(10)6(9)2-5(8)4-11/h2-4H,1H3. The first kappa shape index (κ1) is 9.55. The number of aldehydes is 1. The third-order valence-electron chi connectivity index (χ3n) is 1.40. The smallest absolute Gasteiger partial charge is 0.153 e. The minimum absolute atomic E-state index is 0.480. The predicted octanol–water partition coefficient (Wildman–Crippen LogP) is 2.92. The molecular weight excluding hydrogens is 243 g/mol. The van der Waals surface area contributed by atoms with E-state index in [0.29, 0.717) is 20.8 Å². The van der Waals surface area contributed by atoms with Crippen molar-refractivity contribution in [1.29, 1.82) is 0 Å². The molecule has 0 aliphatic heterocycles. The zero-order valence-corrected chi connectivity index (χ0v) is 8.65. The van der Waals surface area contributed by atoms with Crippen molar-refractivity contribution < 1.29 is 9.53 Å². The fraction of sp³-hybridized carbons (Fsp3) is 0.125. The average Bonchev–Trinajstić information content (AvgIpc) is 2.09. The average molecular weight is 249 g/mol. The maximum absolute atomic E-state index is 10.5. The molecule has 0 saturated carbocycles. The summed E-state index contributed by atoms with van der Waals surface area (Å²) in [5.74, 6) is 0.484. The molecular formula is C8H6BrClO2. The van der Waals surface area contributed by atoms with Crippen molar-refractivity contribution in [2.45, 2.75) is 0 Å². The topological polar surface area (TPSA) is 26.3 Å². The maximum Gasteiger partial charge on any atom is 0.153 e. The number of carbonyl (C=O) groups excluding carboxylic acids is 1. The number of ether oxygens (including phenoxy) is 1. The van der Waals surface area contributed by atoms with Gasteiger partial charge in [-0.3, -0.25) is 4.79 Å². The van der Waals surface area contributed by atoms with Crippen molar-refractivity contribution in [2.75, 3.05) is 7.11 Å². The summed E-state index contributed by atoms with van der Waals surface area (Å²) in [6.07, 6.45) is 0.722. The van der Waals surface area contributed by atoms with E-state index in [9.17, 15) is 4.79 Å². The van der Waals surface area contributed by atoms with Crippen LogP contribution in [-0.2, 0) is 0 Å². The van der Waals surface area contributed by atoms with Crippen molar-refractivity contribution in [1.82, 2.24) is 0 Å². The van der Waals surface area contributed by atoms with Crippen molar-refractivity contribution in [2.24, 2.45) is 0 Å². The molecule has 1 rings (SSSR count). The number of rotatable bonds is 2. The second kappa shape index (κ2) is 3.92. The Bertz CT molecular complexity index is 312. The van der Waals surface area contributed by atoms with E-state index in [4.69, 9.17) is 16.3 Å². The third kappa shape index (κ3) is 1.79. The SMILES string of the molecule is COc1cc(Cl)c(Br)cc1C=O. The normalized spacial score (nSPS) is 9.58. The molecule has 4 heteroatoms. The van der Waals surface area contributed by atoms with Gasteiger partial charge in [0, 0.05) is 10.5 Å². The lowest BCUT2D eigenvalue weighted by Gasteiger charge is -2.04. The fourth-order valence-corrected chi connectivity index (χ4v) is 1.33. The highest BCUT2D eigenvalue weighted by molar-refractivity contribution is 9.10. The predicted molar refractivity (Wildman–Crippen MR) is 51.1 cm³/mol. The van der Waals surface area contributed by atoms with Crippen LogP contribution in [0, 0.1) is 0 Å². The molecule has 0 saturated heterocycles. The van der Waals surface area contributed by atoms with Crippen LogP contribution in [0.15, 0.2) is 16.6 Å². The van der Waals surface area contributed by atoms with E-state index in [1.165, 1.54) is 7.11 Å². The lowest BCUT2D eigenvalue weighted by molar-refractivity contribution is 0.112. The number of hydrogen-bond donors (Lipinski definition) is 0. The Hall–Kier alpha value is -0.540. The molecule has 64 valence electrons. The summed E-state index contributed by atoms with van der Waals surface area (Å²) in [4.78, 5) is 10.5. The van der Waals surface area contributed by atoms with E-state index in [-0.39, 0.29) is 0 Å². The first-order valence-electron chi connectivity index (χ1n) is 3.17. The van der Waals surface area contributed by atoms with Gasteiger partial charge in [-0.2, -0.15) is 0 Å². The van der Waals surface area contributed by atoms with Crippen LogP contribution in [0.25, 0.3) is 0 Å². The van der Waals surface area contributed by atoms with E-state index in [0.717, 1.165) is 6.29 Å². The molecule has 0 fully saturated rings. The van der Waals surface area contributed by atoms with E-state index < -0.39 is 0 Å². The van der Waals surface area contributed by atoms with Crippen molar-refractivity contribution >= 4 is 33.8 Å². The van der Waals surface area contributed by atoms with Crippen molar-refractivity contribution in [3.63, 3.8) is 0 Å². The second-order valence-corrected chi connectivity index (χ2v) is 3.39. The first-order valence-corrected chi connectivity index (χ1v) is 4.34. The molecule has 0 radical (unpaired) electrons. The van der Waals surface area contributed by atoms with Gasteiger partial charge in [-0.1, -0.05) is 11.6 Å². The molecule has 0 spiro atoms. The highest BCUT2D eigenvalue weighted by Crippen LogP contribution is 2.29. The van der Waals surface area contributed by atoms with Gasteiger partial charge in [0.05, 0.1) is 17.7 Å². The van der Waals surface area contributed by atoms with Gasteiger partial charge < -0.3 is 4.74 Å². The zero-order valence-electron chi connectivity index (χ0n) is 6.30. The van der Waals surface area contributed by atoms with Crippen LogP contribution in [0.1, 0.15) is 10.4 Å². The molecule has 0 amide bonds. The van der Waals surface area contributed by atoms with E-state index in [2.05, 4.69) is 15.9 Å². The fourth-order valence-electron chi connectivity index (χ4n) is 0.813. The van der Waals surface area contributed by atoms with Crippen LogP contribution in [0.2, 0.25) is 5.02 Å². The van der Waals surface area contributed by atoms with Gasteiger partial charge >= 0.3 is 0 Å². The number of halogens is 2. The second-order valence-electron chi connectivity index (χ2n) is 2.13. The minimum Gasteiger partial charge on any atom is -0.496 e. The largest absolute Gasteiger partial charge is 0.496 e. The molecule has 0 N–H and O–H groups in total. The molecule has 2 nitrogen and oxygen atoms in total. The third-order valence-corrected chi connectivity index (χ3v) is 2.60. The van der Waals surface area contributed by atoms with Crippen LogP contribution < -0.4 is 4.74 Å².